The Hall–Kier alpha value is -3.29. The number of carboxylic acid groups (broad SMARTS) is 1. The van der Waals surface area contributed by atoms with Crippen molar-refractivity contribution >= 4 is 17.8 Å². The van der Waals surface area contributed by atoms with Gasteiger partial charge in [0.2, 0.25) is 0 Å². The summed E-state index contributed by atoms with van der Waals surface area (Å²) in [7, 11) is 0. The fraction of sp³-hybridized carbons (Fsp3) is 0.286. The fourth-order valence-electron chi connectivity index (χ4n) is 3.24. The SMILES string of the molecule is CC(C)(NC(=O)c1c(F)cccc1F)C(=O)c1ccc(C2CC2NC(=O)O)cc1. The van der Waals surface area contributed by atoms with Crippen molar-refractivity contribution < 1.29 is 28.3 Å². The second-order valence-corrected chi connectivity index (χ2v) is 7.53. The van der Waals surface area contributed by atoms with Crippen molar-refractivity contribution in [1.29, 1.82) is 0 Å². The number of carbonyl (C=O) groups excluding carboxylic acids is 2. The van der Waals surface area contributed by atoms with Crippen molar-refractivity contribution in [3.8, 4) is 0 Å². The molecule has 1 aliphatic carbocycles. The van der Waals surface area contributed by atoms with E-state index in [1.165, 1.54) is 13.8 Å². The third-order valence-electron chi connectivity index (χ3n) is 4.88. The quantitative estimate of drug-likeness (QED) is 0.645. The van der Waals surface area contributed by atoms with Crippen LogP contribution in [0.1, 0.15) is 52.5 Å². The van der Waals surface area contributed by atoms with E-state index in [0.717, 1.165) is 23.8 Å². The Morgan fingerprint density at radius 1 is 1.03 bits per heavy atom. The standard InChI is InChI=1S/C21H20F2N2O4/c1-21(2,25-19(27)17-14(22)4-3-5-15(17)23)18(26)12-8-6-11(7-9-12)13-10-16(13)24-20(28)29/h3-9,13,16,24H,10H2,1-2H3,(H,25,27)(H,28,29). The van der Waals surface area contributed by atoms with E-state index in [1.54, 1.807) is 24.3 Å². The molecule has 3 rings (SSSR count). The average Bonchev–Trinajstić information content (AvgIpc) is 3.39. The Labute approximate surface area is 165 Å². The normalized spacial score (nSPS) is 18.1. The largest absolute Gasteiger partial charge is 0.465 e. The van der Waals surface area contributed by atoms with E-state index < -0.39 is 40.5 Å². The minimum atomic E-state index is -1.40. The molecule has 2 unspecified atom stereocenters. The maximum absolute atomic E-state index is 13.8. The van der Waals surface area contributed by atoms with Crippen LogP contribution >= 0.6 is 0 Å². The van der Waals surface area contributed by atoms with Gasteiger partial charge in [-0.05, 0) is 38.0 Å². The monoisotopic (exact) mass is 402 g/mol. The minimum Gasteiger partial charge on any atom is -0.465 e. The van der Waals surface area contributed by atoms with Crippen molar-refractivity contribution in [2.24, 2.45) is 0 Å². The predicted molar refractivity (Wildman–Crippen MR) is 101 cm³/mol. The number of Topliss-reactive ketones (excluding diaryl/α,β-unsaturated/α-hetero) is 1. The van der Waals surface area contributed by atoms with Crippen LogP contribution in [0.15, 0.2) is 42.5 Å². The van der Waals surface area contributed by atoms with Gasteiger partial charge in [-0.15, -0.1) is 0 Å². The zero-order valence-corrected chi connectivity index (χ0v) is 15.8. The smallest absolute Gasteiger partial charge is 0.404 e. The van der Waals surface area contributed by atoms with Gasteiger partial charge in [-0.3, -0.25) is 9.59 Å². The van der Waals surface area contributed by atoms with Gasteiger partial charge in [-0.25, -0.2) is 13.6 Å². The molecule has 0 bridgehead atoms. The summed E-state index contributed by atoms with van der Waals surface area (Å²) in [5.41, 5.74) is -0.929. The van der Waals surface area contributed by atoms with Crippen molar-refractivity contribution in [2.45, 2.75) is 37.8 Å². The molecular weight excluding hydrogens is 382 g/mol. The first-order valence-electron chi connectivity index (χ1n) is 9.01. The molecule has 2 atom stereocenters. The highest BCUT2D eigenvalue weighted by molar-refractivity contribution is 6.06. The molecule has 6 nitrogen and oxygen atoms in total. The second kappa shape index (κ2) is 7.62. The summed E-state index contributed by atoms with van der Waals surface area (Å²) >= 11 is 0. The highest BCUT2D eigenvalue weighted by Gasteiger charge is 2.40. The maximum Gasteiger partial charge on any atom is 0.404 e. The number of benzene rings is 2. The number of carbonyl (C=O) groups is 3. The lowest BCUT2D eigenvalue weighted by molar-refractivity contribution is 0.0793. The summed E-state index contributed by atoms with van der Waals surface area (Å²) in [4.78, 5) is 35.8. The van der Waals surface area contributed by atoms with Gasteiger partial charge < -0.3 is 15.7 Å². The molecule has 1 aliphatic rings. The molecule has 29 heavy (non-hydrogen) atoms. The number of amides is 2. The number of nitrogens with one attached hydrogen (secondary N) is 2. The predicted octanol–water partition coefficient (Wildman–Crippen LogP) is 3.48. The third-order valence-corrected chi connectivity index (χ3v) is 4.88. The summed E-state index contributed by atoms with van der Waals surface area (Å²) in [6.45, 7) is 2.90. The average molecular weight is 402 g/mol. The lowest BCUT2D eigenvalue weighted by Gasteiger charge is -2.25. The van der Waals surface area contributed by atoms with Crippen molar-refractivity contribution in [3.63, 3.8) is 0 Å². The molecule has 2 amide bonds. The molecule has 1 saturated carbocycles. The van der Waals surface area contributed by atoms with Gasteiger partial charge >= 0.3 is 6.09 Å². The maximum atomic E-state index is 13.8. The summed E-state index contributed by atoms with van der Waals surface area (Å²) in [6, 6.07) is 9.59. The molecule has 0 spiro atoms. The van der Waals surface area contributed by atoms with E-state index in [1.807, 2.05) is 0 Å². The Bertz CT molecular complexity index is 953. The van der Waals surface area contributed by atoms with Gasteiger partial charge in [-0.2, -0.15) is 0 Å². The van der Waals surface area contributed by atoms with Crippen LogP contribution in [0.2, 0.25) is 0 Å². The molecule has 0 saturated heterocycles. The molecule has 2 aromatic rings. The van der Waals surface area contributed by atoms with Gasteiger partial charge in [0.15, 0.2) is 5.78 Å². The van der Waals surface area contributed by atoms with Crippen LogP contribution in [-0.2, 0) is 0 Å². The Morgan fingerprint density at radius 2 is 1.62 bits per heavy atom. The zero-order valence-electron chi connectivity index (χ0n) is 15.8. The Morgan fingerprint density at radius 3 is 2.17 bits per heavy atom. The van der Waals surface area contributed by atoms with Gasteiger partial charge in [0, 0.05) is 17.5 Å². The number of hydrogen-bond acceptors (Lipinski definition) is 3. The molecule has 8 heteroatoms. The molecule has 1 fully saturated rings. The van der Waals surface area contributed by atoms with Crippen molar-refractivity contribution in [2.75, 3.05) is 0 Å². The first kappa shape index (κ1) is 20.4. The van der Waals surface area contributed by atoms with Crippen LogP contribution in [0.5, 0.6) is 0 Å². The molecule has 2 aromatic carbocycles. The summed E-state index contributed by atoms with van der Waals surface area (Å²) in [5, 5.41) is 13.5. The van der Waals surface area contributed by atoms with Crippen LogP contribution in [0.25, 0.3) is 0 Å². The second-order valence-electron chi connectivity index (χ2n) is 7.53. The number of halogens is 2. The lowest BCUT2D eigenvalue weighted by atomic mass is 9.91. The van der Waals surface area contributed by atoms with E-state index >= 15 is 0 Å². The Kier molecular flexibility index (Phi) is 5.37. The molecule has 0 aromatic heterocycles. The van der Waals surface area contributed by atoms with Gasteiger partial charge in [0.1, 0.15) is 17.2 Å². The first-order valence-corrected chi connectivity index (χ1v) is 9.01. The number of hydrogen-bond donors (Lipinski definition) is 3. The highest BCUT2D eigenvalue weighted by atomic mass is 19.1. The topological polar surface area (TPSA) is 95.5 Å². The number of ketones is 1. The molecule has 0 heterocycles. The number of rotatable bonds is 6. The first-order chi connectivity index (χ1) is 13.6. The van der Waals surface area contributed by atoms with Crippen LogP contribution in [0.4, 0.5) is 13.6 Å². The van der Waals surface area contributed by atoms with Crippen LogP contribution in [0.3, 0.4) is 0 Å². The van der Waals surface area contributed by atoms with E-state index in [4.69, 9.17) is 5.11 Å². The summed E-state index contributed by atoms with van der Waals surface area (Å²) < 4.78 is 27.6. The highest BCUT2D eigenvalue weighted by Crippen LogP contribution is 2.40. The van der Waals surface area contributed by atoms with Gasteiger partial charge in [-0.1, -0.05) is 30.3 Å². The molecular formula is C21H20F2N2O4. The van der Waals surface area contributed by atoms with E-state index in [0.29, 0.717) is 12.0 Å². The molecule has 152 valence electrons. The van der Waals surface area contributed by atoms with Crippen molar-refractivity contribution in [3.05, 3.63) is 70.8 Å². The fourth-order valence-corrected chi connectivity index (χ4v) is 3.24. The van der Waals surface area contributed by atoms with Crippen LogP contribution < -0.4 is 10.6 Å². The molecule has 0 aliphatic heterocycles. The van der Waals surface area contributed by atoms with Crippen molar-refractivity contribution in [1.82, 2.24) is 10.6 Å². The molecule has 3 N–H and O–H groups in total. The van der Waals surface area contributed by atoms with E-state index in [9.17, 15) is 23.2 Å². The van der Waals surface area contributed by atoms with Crippen LogP contribution in [-0.4, -0.2) is 34.5 Å². The summed E-state index contributed by atoms with van der Waals surface area (Å²) in [6.07, 6.45) is -0.386. The molecule has 0 radical (unpaired) electrons. The summed E-state index contributed by atoms with van der Waals surface area (Å²) in [5.74, 6) is -3.40. The third kappa shape index (κ3) is 4.42. The zero-order chi connectivity index (χ0) is 21.3. The van der Waals surface area contributed by atoms with Crippen LogP contribution in [0, 0.1) is 11.6 Å². The Balaban J connectivity index is 1.70. The van der Waals surface area contributed by atoms with E-state index in [-0.39, 0.29) is 12.0 Å². The minimum absolute atomic E-state index is 0.0620. The van der Waals surface area contributed by atoms with Gasteiger partial charge in [0.05, 0.1) is 5.54 Å². The van der Waals surface area contributed by atoms with Gasteiger partial charge in [0.25, 0.3) is 5.91 Å². The van der Waals surface area contributed by atoms with E-state index in [2.05, 4.69) is 10.6 Å². The lowest BCUT2D eigenvalue weighted by Crippen LogP contribution is -2.50.